The van der Waals surface area contributed by atoms with E-state index in [1.54, 1.807) is 0 Å². The van der Waals surface area contributed by atoms with Crippen LogP contribution in [0.5, 0.6) is 0 Å². The average Bonchev–Trinajstić information content (AvgIpc) is 2.10. The molecule has 0 nitrogen and oxygen atoms in total. The number of hydrogen-bond donors (Lipinski definition) is 0. The van der Waals surface area contributed by atoms with Crippen LogP contribution in [0, 0.1) is 6.92 Å². The van der Waals surface area contributed by atoms with E-state index in [4.69, 9.17) is 0 Å². The van der Waals surface area contributed by atoms with E-state index in [1.165, 1.54) is 16.7 Å². The molecule has 1 rings (SSSR count). The first-order valence-electron chi connectivity index (χ1n) is 4.14. The molecule has 0 atom stereocenters. The van der Waals surface area contributed by atoms with Gasteiger partial charge in [-0.05, 0) is 30.5 Å². The molecule has 0 fully saturated rings. The summed E-state index contributed by atoms with van der Waals surface area (Å²) in [6, 6.07) is 8.33. The molecule has 0 amide bonds. The van der Waals surface area contributed by atoms with Crippen LogP contribution in [0.1, 0.15) is 18.1 Å². The van der Waals surface area contributed by atoms with Crippen LogP contribution < -0.4 is 0 Å². The minimum Gasteiger partial charge on any atom is -0.0985 e. The first-order valence-corrected chi connectivity index (χ1v) is 4.14. The van der Waals surface area contributed by atoms with Crippen molar-refractivity contribution in [2.45, 2.75) is 13.8 Å². The molecule has 0 unspecified atom stereocenters. The van der Waals surface area contributed by atoms with Crippen LogP contribution in [0.3, 0.4) is 0 Å². The lowest BCUT2D eigenvalue weighted by atomic mass is 10.0. The normalized spacial score (nSPS) is 11.3. The van der Waals surface area contributed by atoms with E-state index in [1.807, 2.05) is 13.0 Å². The van der Waals surface area contributed by atoms with Crippen LogP contribution >= 0.6 is 0 Å². The Hall–Kier alpha value is -1.30. The lowest BCUT2D eigenvalue weighted by Gasteiger charge is -2.04. The number of aryl methyl sites for hydroxylation is 1. The summed E-state index contributed by atoms with van der Waals surface area (Å²) < 4.78 is 0. The molecule has 0 saturated carbocycles. The Morgan fingerprint density at radius 1 is 1.33 bits per heavy atom. The van der Waals surface area contributed by atoms with Gasteiger partial charge < -0.3 is 0 Å². The molecule has 62 valence electrons. The summed E-state index contributed by atoms with van der Waals surface area (Å²) in [7, 11) is 0. The molecule has 0 aromatic heterocycles. The molecule has 0 radical (unpaired) electrons. The van der Waals surface area contributed by atoms with Gasteiger partial charge >= 0.3 is 0 Å². The molecule has 1 aromatic carbocycles. The Labute approximate surface area is 74.2 Å². The Morgan fingerprint density at radius 2 is 2.00 bits per heavy atom. The monoisotopic (exact) mass is 158 g/mol. The maximum absolute atomic E-state index is 3.78. The summed E-state index contributed by atoms with van der Waals surface area (Å²) in [5.74, 6) is 0. The molecule has 0 aliphatic heterocycles. The minimum absolute atomic E-state index is 1.20. The Morgan fingerprint density at radius 3 is 2.50 bits per heavy atom. The van der Waals surface area contributed by atoms with Crippen molar-refractivity contribution in [2.24, 2.45) is 0 Å². The molecule has 0 saturated heterocycles. The van der Waals surface area contributed by atoms with Gasteiger partial charge in [0.15, 0.2) is 0 Å². The highest BCUT2D eigenvalue weighted by atomic mass is 14.0. The highest BCUT2D eigenvalue weighted by molar-refractivity contribution is 5.75. The number of benzene rings is 1. The SMILES string of the molecule is C=C/C(=C\C)c1ccccc1C. The zero-order valence-corrected chi connectivity index (χ0v) is 7.67. The van der Waals surface area contributed by atoms with Crippen LogP contribution in [-0.4, -0.2) is 0 Å². The third kappa shape index (κ3) is 1.65. The first kappa shape index (κ1) is 8.79. The summed E-state index contributed by atoms with van der Waals surface area (Å²) >= 11 is 0. The Bertz CT molecular complexity index is 306. The molecule has 1 aromatic rings. The molecule has 0 aliphatic carbocycles. The van der Waals surface area contributed by atoms with Crippen molar-refractivity contribution < 1.29 is 0 Å². The lowest BCUT2D eigenvalue weighted by Crippen LogP contribution is -1.84. The van der Waals surface area contributed by atoms with Gasteiger partial charge in [0.25, 0.3) is 0 Å². The van der Waals surface area contributed by atoms with Crippen molar-refractivity contribution >= 4 is 5.57 Å². The standard InChI is InChI=1S/C12H14/c1-4-11(5-2)12-9-7-6-8-10(12)3/h4-9H,1H2,2-3H3/b11-5+. The lowest BCUT2D eigenvalue weighted by molar-refractivity contribution is 1.42. The summed E-state index contributed by atoms with van der Waals surface area (Å²) in [4.78, 5) is 0. The highest BCUT2D eigenvalue weighted by Gasteiger charge is 1.97. The molecular weight excluding hydrogens is 144 g/mol. The molecule has 12 heavy (non-hydrogen) atoms. The van der Waals surface area contributed by atoms with Gasteiger partial charge in [-0.1, -0.05) is 43.0 Å². The van der Waals surface area contributed by atoms with E-state index >= 15 is 0 Å². The largest absolute Gasteiger partial charge is 0.0985 e. The number of rotatable bonds is 2. The van der Waals surface area contributed by atoms with Gasteiger partial charge in [0, 0.05) is 0 Å². The molecule has 0 heterocycles. The van der Waals surface area contributed by atoms with Gasteiger partial charge in [0.1, 0.15) is 0 Å². The molecule has 0 N–H and O–H groups in total. The van der Waals surface area contributed by atoms with Crippen molar-refractivity contribution in [2.75, 3.05) is 0 Å². The highest BCUT2D eigenvalue weighted by Crippen LogP contribution is 2.18. The molecule has 0 heteroatoms. The summed E-state index contributed by atoms with van der Waals surface area (Å²) in [6.45, 7) is 7.93. The van der Waals surface area contributed by atoms with Crippen LogP contribution in [-0.2, 0) is 0 Å². The predicted molar refractivity (Wildman–Crippen MR) is 55.0 cm³/mol. The van der Waals surface area contributed by atoms with E-state index in [0.29, 0.717) is 0 Å². The van der Waals surface area contributed by atoms with Gasteiger partial charge in [0.05, 0.1) is 0 Å². The van der Waals surface area contributed by atoms with Gasteiger partial charge in [-0.3, -0.25) is 0 Å². The van der Waals surface area contributed by atoms with Gasteiger partial charge in [0.2, 0.25) is 0 Å². The third-order valence-corrected chi connectivity index (χ3v) is 1.99. The van der Waals surface area contributed by atoms with Crippen LogP contribution in [0.25, 0.3) is 5.57 Å². The minimum atomic E-state index is 1.20. The second kappa shape index (κ2) is 3.91. The van der Waals surface area contributed by atoms with E-state index in [0.717, 1.165) is 0 Å². The molecule has 0 spiro atoms. The summed E-state index contributed by atoms with van der Waals surface area (Å²) in [5.41, 5.74) is 3.77. The Balaban J connectivity index is 3.18. The predicted octanol–water partition coefficient (Wildman–Crippen LogP) is 3.58. The average molecular weight is 158 g/mol. The van der Waals surface area contributed by atoms with Crippen LogP contribution in [0.2, 0.25) is 0 Å². The topological polar surface area (TPSA) is 0 Å². The zero-order valence-electron chi connectivity index (χ0n) is 7.67. The van der Waals surface area contributed by atoms with E-state index in [9.17, 15) is 0 Å². The second-order valence-corrected chi connectivity index (χ2v) is 2.76. The van der Waals surface area contributed by atoms with Crippen molar-refractivity contribution in [1.29, 1.82) is 0 Å². The first-order chi connectivity index (χ1) is 5.79. The van der Waals surface area contributed by atoms with Crippen molar-refractivity contribution in [3.63, 3.8) is 0 Å². The molecular formula is C12H14. The number of allylic oxidation sites excluding steroid dienone is 3. The number of hydrogen-bond acceptors (Lipinski definition) is 0. The third-order valence-electron chi connectivity index (χ3n) is 1.99. The van der Waals surface area contributed by atoms with Gasteiger partial charge in [-0.2, -0.15) is 0 Å². The van der Waals surface area contributed by atoms with Gasteiger partial charge in [-0.25, -0.2) is 0 Å². The van der Waals surface area contributed by atoms with E-state index in [-0.39, 0.29) is 0 Å². The fourth-order valence-electron chi connectivity index (χ4n) is 1.28. The van der Waals surface area contributed by atoms with E-state index in [2.05, 4.69) is 43.8 Å². The van der Waals surface area contributed by atoms with Crippen molar-refractivity contribution in [3.8, 4) is 0 Å². The maximum Gasteiger partial charge on any atom is -0.0158 e. The van der Waals surface area contributed by atoms with Crippen molar-refractivity contribution in [3.05, 3.63) is 54.1 Å². The van der Waals surface area contributed by atoms with Crippen molar-refractivity contribution in [1.82, 2.24) is 0 Å². The van der Waals surface area contributed by atoms with E-state index < -0.39 is 0 Å². The fourth-order valence-corrected chi connectivity index (χ4v) is 1.28. The molecule has 0 aliphatic rings. The van der Waals surface area contributed by atoms with Gasteiger partial charge in [-0.15, -0.1) is 0 Å². The summed E-state index contributed by atoms with van der Waals surface area (Å²) in [6.07, 6.45) is 3.97. The Kier molecular flexibility index (Phi) is 2.87. The fraction of sp³-hybridized carbons (Fsp3) is 0.167. The van der Waals surface area contributed by atoms with Crippen LogP contribution in [0.15, 0.2) is 43.0 Å². The van der Waals surface area contributed by atoms with Crippen LogP contribution in [0.4, 0.5) is 0 Å². The second-order valence-electron chi connectivity index (χ2n) is 2.76. The quantitative estimate of drug-likeness (QED) is 0.577. The summed E-state index contributed by atoms with van der Waals surface area (Å²) in [5, 5.41) is 0. The smallest absolute Gasteiger partial charge is 0.0158 e. The zero-order chi connectivity index (χ0) is 8.97. The molecule has 0 bridgehead atoms. The maximum atomic E-state index is 3.78.